The van der Waals surface area contributed by atoms with Crippen LogP contribution in [0.5, 0.6) is 0 Å². The lowest BCUT2D eigenvalue weighted by Gasteiger charge is -2.47. The molecule has 1 aromatic carbocycles. The number of hydrogen-bond acceptors (Lipinski definition) is 2. The number of rotatable bonds is 2. The van der Waals surface area contributed by atoms with E-state index in [0.29, 0.717) is 19.4 Å². The van der Waals surface area contributed by atoms with Crippen molar-refractivity contribution >= 4 is 11.8 Å². The number of nitrogens with zero attached hydrogens (tertiary/aromatic N) is 1. The maximum absolute atomic E-state index is 13.3. The van der Waals surface area contributed by atoms with Crippen LogP contribution in [0.2, 0.25) is 0 Å². The molecule has 0 aromatic heterocycles. The Morgan fingerprint density at radius 2 is 1.95 bits per heavy atom. The van der Waals surface area contributed by atoms with Crippen molar-refractivity contribution in [2.24, 2.45) is 0 Å². The molecule has 2 amide bonds. The van der Waals surface area contributed by atoms with Gasteiger partial charge in [-0.25, -0.2) is 4.39 Å². The van der Waals surface area contributed by atoms with Crippen molar-refractivity contribution in [3.8, 4) is 0 Å². The van der Waals surface area contributed by atoms with Gasteiger partial charge in [-0.15, -0.1) is 0 Å². The van der Waals surface area contributed by atoms with E-state index in [1.807, 2.05) is 0 Å². The lowest BCUT2D eigenvalue weighted by molar-refractivity contribution is -0.157. The molecule has 1 aliphatic heterocycles. The van der Waals surface area contributed by atoms with E-state index in [1.54, 1.807) is 17.0 Å². The van der Waals surface area contributed by atoms with Crippen LogP contribution in [0.4, 0.5) is 4.39 Å². The molecule has 1 spiro atoms. The minimum Gasteiger partial charge on any atom is -0.345 e. The molecular weight excluding hydrogens is 271 g/mol. The van der Waals surface area contributed by atoms with E-state index < -0.39 is 5.54 Å². The predicted molar refractivity (Wildman–Crippen MR) is 75.8 cm³/mol. The van der Waals surface area contributed by atoms with Crippen molar-refractivity contribution in [1.82, 2.24) is 10.2 Å². The molecule has 112 valence electrons. The summed E-state index contributed by atoms with van der Waals surface area (Å²) in [4.78, 5) is 26.4. The highest BCUT2D eigenvalue weighted by Gasteiger charge is 2.49. The van der Waals surface area contributed by atoms with Crippen molar-refractivity contribution < 1.29 is 14.0 Å². The first-order valence-corrected chi connectivity index (χ1v) is 7.45. The van der Waals surface area contributed by atoms with Gasteiger partial charge < -0.3 is 10.2 Å². The van der Waals surface area contributed by atoms with E-state index in [4.69, 9.17) is 0 Å². The van der Waals surface area contributed by atoms with Crippen LogP contribution >= 0.6 is 0 Å². The standard InChI is InChI=1S/C16H19FN2O2/c17-13-6-4-5-12(9-13)11-19-14(20)10-18-15(21)16(19)7-2-1-3-8-16/h4-6,9H,1-3,7-8,10-11H2,(H,18,21). The summed E-state index contributed by atoms with van der Waals surface area (Å²) < 4.78 is 13.3. The van der Waals surface area contributed by atoms with Crippen molar-refractivity contribution in [1.29, 1.82) is 0 Å². The van der Waals surface area contributed by atoms with E-state index in [1.165, 1.54) is 12.1 Å². The molecule has 21 heavy (non-hydrogen) atoms. The zero-order valence-corrected chi connectivity index (χ0v) is 11.9. The van der Waals surface area contributed by atoms with Gasteiger partial charge in [0.25, 0.3) is 0 Å². The molecule has 2 fully saturated rings. The monoisotopic (exact) mass is 290 g/mol. The first kappa shape index (κ1) is 14.0. The van der Waals surface area contributed by atoms with Gasteiger partial charge in [-0.3, -0.25) is 9.59 Å². The summed E-state index contributed by atoms with van der Waals surface area (Å²) in [7, 11) is 0. The molecule has 0 atom stereocenters. The Balaban J connectivity index is 1.91. The molecule has 5 heteroatoms. The van der Waals surface area contributed by atoms with Gasteiger partial charge in [0.2, 0.25) is 11.8 Å². The molecule has 2 aliphatic rings. The Morgan fingerprint density at radius 3 is 2.67 bits per heavy atom. The lowest BCUT2D eigenvalue weighted by Crippen LogP contribution is -2.67. The number of nitrogens with one attached hydrogen (secondary N) is 1. The Hall–Kier alpha value is -1.91. The third-order valence-electron chi connectivity index (χ3n) is 4.55. The van der Waals surface area contributed by atoms with Crippen LogP contribution in [0.1, 0.15) is 37.7 Å². The molecule has 0 radical (unpaired) electrons. The average molecular weight is 290 g/mol. The predicted octanol–water partition coefficient (Wildman–Crippen LogP) is 1.99. The largest absolute Gasteiger partial charge is 0.345 e. The second kappa shape index (κ2) is 5.47. The van der Waals surface area contributed by atoms with E-state index >= 15 is 0 Å². The van der Waals surface area contributed by atoms with E-state index in [9.17, 15) is 14.0 Å². The summed E-state index contributed by atoms with van der Waals surface area (Å²) >= 11 is 0. The number of carbonyl (C=O) groups is 2. The number of piperazine rings is 1. The van der Waals surface area contributed by atoms with Gasteiger partial charge in [0.15, 0.2) is 0 Å². The fraction of sp³-hybridized carbons (Fsp3) is 0.500. The van der Waals surface area contributed by atoms with Gasteiger partial charge >= 0.3 is 0 Å². The topological polar surface area (TPSA) is 49.4 Å². The summed E-state index contributed by atoms with van der Waals surface area (Å²) in [5.74, 6) is -0.460. The molecule has 1 N–H and O–H groups in total. The molecule has 1 heterocycles. The van der Waals surface area contributed by atoms with E-state index in [0.717, 1.165) is 24.8 Å². The first-order valence-electron chi connectivity index (χ1n) is 7.45. The van der Waals surface area contributed by atoms with Crippen LogP contribution < -0.4 is 5.32 Å². The van der Waals surface area contributed by atoms with Gasteiger partial charge in [-0.05, 0) is 30.5 Å². The highest BCUT2D eigenvalue weighted by atomic mass is 19.1. The fourth-order valence-electron chi connectivity index (χ4n) is 3.47. The van der Waals surface area contributed by atoms with Crippen LogP contribution in [0.25, 0.3) is 0 Å². The van der Waals surface area contributed by atoms with Gasteiger partial charge in [-0.2, -0.15) is 0 Å². The van der Waals surface area contributed by atoms with Gasteiger partial charge in [0.1, 0.15) is 11.4 Å². The fourth-order valence-corrected chi connectivity index (χ4v) is 3.47. The molecule has 3 rings (SSSR count). The molecule has 0 bridgehead atoms. The molecule has 0 unspecified atom stereocenters. The third-order valence-corrected chi connectivity index (χ3v) is 4.55. The lowest BCUT2D eigenvalue weighted by atomic mass is 9.78. The van der Waals surface area contributed by atoms with Crippen molar-refractivity contribution in [3.05, 3.63) is 35.6 Å². The van der Waals surface area contributed by atoms with E-state index in [-0.39, 0.29) is 24.2 Å². The summed E-state index contributed by atoms with van der Waals surface area (Å²) in [6.07, 6.45) is 4.37. The SMILES string of the molecule is O=C1CNC(=O)C2(CCCCC2)N1Cc1cccc(F)c1. The number of hydrogen-bond donors (Lipinski definition) is 1. The van der Waals surface area contributed by atoms with Crippen molar-refractivity contribution in [2.75, 3.05) is 6.54 Å². The number of halogens is 1. The Morgan fingerprint density at radius 1 is 1.19 bits per heavy atom. The second-order valence-electron chi connectivity index (χ2n) is 5.88. The average Bonchev–Trinajstić information content (AvgIpc) is 2.49. The third kappa shape index (κ3) is 2.52. The minimum absolute atomic E-state index is 0.0376. The van der Waals surface area contributed by atoms with Gasteiger partial charge in [-0.1, -0.05) is 31.4 Å². The Kier molecular flexibility index (Phi) is 3.66. The maximum atomic E-state index is 13.3. The zero-order chi connectivity index (χ0) is 14.9. The van der Waals surface area contributed by atoms with Crippen LogP contribution in [-0.4, -0.2) is 28.8 Å². The van der Waals surface area contributed by atoms with Crippen LogP contribution in [0.3, 0.4) is 0 Å². The van der Waals surface area contributed by atoms with Gasteiger partial charge in [0.05, 0.1) is 6.54 Å². The second-order valence-corrected chi connectivity index (χ2v) is 5.88. The summed E-state index contributed by atoms with van der Waals surface area (Å²) in [5, 5.41) is 2.72. The first-order chi connectivity index (χ1) is 10.1. The van der Waals surface area contributed by atoms with Crippen molar-refractivity contribution in [3.63, 3.8) is 0 Å². The highest BCUT2D eigenvalue weighted by Crippen LogP contribution is 2.36. The summed E-state index contributed by atoms with van der Waals surface area (Å²) in [6, 6.07) is 6.23. The highest BCUT2D eigenvalue weighted by molar-refractivity contribution is 5.98. The molecule has 1 saturated heterocycles. The molecule has 1 aromatic rings. The Labute approximate surface area is 123 Å². The normalized spacial score (nSPS) is 21.5. The summed E-state index contributed by atoms with van der Waals surface area (Å²) in [5.41, 5.74) is -0.0112. The number of amides is 2. The quantitative estimate of drug-likeness (QED) is 0.905. The van der Waals surface area contributed by atoms with Crippen LogP contribution in [0.15, 0.2) is 24.3 Å². The minimum atomic E-state index is -0.736. The number of carbonyl (C=O) groups excluding carboxylic acids is 2. The zero-order valence-electron chi connectivity index (χ0n) is 11.9. The number of benzene rings is 1. The summed E-state index contributed by atoms with van der Waals surface area (Å²) in [6.45, 7) is 0.333. The smallest absolute Gasteiger partial charge is 0.246 e. The van der Waals surface area contributed by atoms with E-state index in [2.05, 4.69) is 5.32 Å². The molecular formula is C16H19FN2O2. The van der Waals surface area contributed by atoms with Crippen molar-refractivity contribution in [2.45, 2.75) is 44.2 Å². The molecule has 4 nitrogen and oxygen atoms in total. The Bertz CT molecular complexity index is 567. The molecule has 1 aliphatic carbocycles. The van der Waals surface area contributed by atoms with Crippen LogP contribution in [-0.2, 0) is 16.1 Å². The molecule has 1 saturated carbocycles. The van der Waals surface area contributed by atoms with Gasteiger partial charge in [0, 0.05) is 6.54 Å². The van der Waals surface area contributed by atoms with Crippen LogP contribution in [0, 0.1) is 5.82 Å². The maximum Gasteiger partial charge on any atom is 0.246 e.